The molecule has 5 rings (SSSR count). The topological polar surface area (TPSA) is 58.0 Å². The number of hydrogen-bond donors (Lipinski definition) is 0. The molecule has 3 aliphatic rings. The van der Waals surface area contributed by atoms with E-state index in [1.807, 2.05) is 6.07 Å². The summed E-state index contributed by atoms with van der Waals surface area (Å²) in [5.74, 6) is 4.15. The fourth-order valence-electron chi connectivity index (χ4n) is 7.41. The van der Waals surface area contributed by atoms with E-state index in [0.717, 1.165) is 29.9 Å². The van der Waals surface area contributed by atoms with Gasteiger partial charge in [-0.05, 0) is 108 Å². The third-order valence-corrected chi connectivity index (χ3v) is 8.81. The molecule has 2 saturated carbocycles. The molecule has 0 N–H and O–H groups in total. The second kappa shape index (κ2) is 9.19. The quantitative estimate of drug-likeness (QED) is 0.191. The maximum absolute atomic E-state index is 8.59. The van der Waals surface area contributed by atoms with Crippen LogP contribution in [0.15, 0.2) is 53.6 Å². The smallest absolute Gasteiger partial charge is 0.120 e. The highest BCUT2D eigenvalue weighted by atomic mass is 17.4. The van der Waals surface area contributed by atoms with E-state index in [9.17, 15) is 0 Å². The van der Waals surface area contributed by atoms with E-state index in [4.69, 9.17) is 10.3 Å². The van der Waals surface area contributed by atoms with Gasteiger partial charge in [-0.2, -0.15) is 0 Å². The van der Waals surface area contributed by atoms with E-state index < -0.39 is 0 Å². The second-order valence-corrected chi connectivity index (χ2v) is 10.6. The first-order valence-corrected chi connectivity index (χ1v) is 12.5. The van der Waals surface area contributed by atoms with Crippen LogP contribution < -0.4 is 4.74 Å². The molecule has 32 heavy (non-hydrogen) atoms. The lowest BCUT2D eigenvalue weighted by atomic mass is 9.54. The van der Waals surface area contributed by atoms with Crippen LogP contribution in [0.1, 0.15) is 74.5 Å². The maximum Gasteiger partial charge on any atom is 0.120 e. The molecular formula is C28H35N3O. The second-order valence-electron chi connectivity index (χ2n) is 10.6. The molecule has 0 spiro atoms. The van der Waals surface area contributed by atoms with Crippen LogP contribution in [0.3, 0.4) is 0 Å². The van der Waals surface area contributed by atoms with Crippen molar-refractivity contribution in [1.82, 2.24) is 0 Å². The summed E-state index contributed by atoms with van der Waals surface area (Å²) in [6.07, 6.45) is 10.2. The zero-order chi connectivity index (χ0) is 22.0. The van der Waals surface area contributed by atoms with E-state index in [2.05, 4.69) is 59.4 Å². The van der Waals surface area contributed by atoms with Crippen molar-refractivity contribution < 1.29 is 4.74 Å². The van der Waals surface area contributed by atoms with Crippen LogP contribution in [0.5, 0.6) is 5.75 Å². The number of azide groups is 1. The standard InChI is InChI=1S/C28H35N3O/c1-28-15-13-21(8-5-17-30-31-29)27(28)26-11-9-22-18-23(10-12-24(22)25(26)14-16-28)32-19-20-6-3-2-4-7-20/h2-4,6-7,10,12,18,21,25-27H,5,8-9,11,13-17,19H2,1H3/i32+1. The van der Waals surface area contributed by atoms with Crippen molar-refractivity contribution in [3.8, 4) is 5.75 Å². The van der Waals surface area contributed by atoms with E-state index in [0.29, 0.717) is 24.5 Å². The summed E-state index contributed by atoms with van der Waals surface area (Å²) in [6, 6.07) is 17.3. The monoisotopic (exact) mass is 430 g/mol. The van der Waals surface area contributed by atoms with Gasteiger partial charge in [0.05, 0.1) is 0 Å². The number of fused-ring (bicyclic) bond motifs is 5. The molecule has 3 aliphatic carbocycles. The minimum absolute atomic E-state index is 0.514. The highest BCUT2D eigenvalue weighted by molar-refractivity contribution is 5.41. The Morgan fingerprint density at radius 1 is 1.09 bits per heavy atom. The van der Waals surface area contributed by atoms with E-state index in [1.165, 1.54) is 56.1 Å². The molecular weight excluding hydrogens is 395 g/mol. The van der Waals surface area contributed by atoms with E-state index in [1.54, 1.807) is 5.56 Å². The zero-order valence-corrected chi connectivity index (χ0v) is 19.2. The van der Waals surface area contributed by atoms with Gasteiger partial charge >= 0.3 is 0 Å². The Bertz CT molecular complexity index is 983. The van der Waals surface area contributed by atoms with Gasteiger partial charge in [-0.15, -0.1) is 0 Å². The van der Waals surface area contributed by atoms with Gasteiger partial charge in [0.15, 0.2) is 0 Å². The van der Waals surface area contributed by atoms with Gasteiger partial charge in [0, 0.05) is 11.5 Å². The molecule has 4 heteroatoms. The minimum atomic E-state index is 0.514. The van der Waals surface area contributed by atoms with Gasteiger partial charge in [0.1, 0.15) is 12.4 Å². The van der Waals surface area contributed by atoms with Crippen LogP contribution in [-0.2, 0) is 13.0 Å². The van der Waals surface area contributed by atoms with Crippen LogP contribution in [0.4, 0.5) is 0 Å². The molecule has 2 fully saturated rings. The van der Waals surface area contributed by atoms with Gasteiger partial charge in [0.25, 0.3) is 0 Å². The summed E-state index contributed by atoms with van der Waals surface area (Å²) in [5, 5.41) is 3.78. The van der Waals surface area contributed by atoms with Crippen molar-refractivity contribution in [2.24, 2.45) is 28.3 Å². The first-order chi connectivity index (χ1) is 15.7. The zero-order valence-electron chi connectivity index (χ0n) is 19.2. The molecule has 0 bridgehead atoms. The van der Waals surface area contributed by atoms with Crippen molar-refractivity contribution in [1.29, 1.82) is 0 Å². The van der Waals surface area contributed by atoms with Crippen LogP contribution in [-0.4, -0.2) is 6.54 Å². The van der Waals surface area contributed by atoms with E-state index >= 15 is 0 Å². The molecule has 0 aromatic heterocycles. The number of benzene rings is 2. The summed E-state index contributed by atoms with van der Waals surface area (Å²) in [4.78, 5) is 2.94. The number of rotatable bonds is 7. The van der Waals surface area contributed by atoms with Gasteiger partial charge in [-0.25, -0.2) is 0 Å². The number of aryl methyl sites for hydroxylation is 1. The molecule has 0 aliphatic heterocycles. The average Bonchev–Trinajstić information content (AvgIpc) is 3.17. The Kier molecular flexibility index (Phi) is 6.15. The molecule has 2 aromatic carbocycles. The predicted octanol–water partition coefficient (Wildman–Crippen LogP) is 7.83. The molecule has 0 radical (unpaired) electrons. The lowest BCUT2D eigenvalue weighted by Gasteiger charge is -2.51. The van der Waals surface area contributed by atoms with Crippen molar-refractivity contribution in [2.45, 2.75) is 70.8 Å². The predicted molar refractivity (Wildman–Crippen MR) is 129 cm³/mol. The van der Waals surface area contributed by atoms with Crippen molar-refractivity contribution in [2.75, 3.05) is 6.54 Å². The number of hydrogen-bond acceptors (Lipinski definition) is 2. The summed E-state index contributed by atoms with van der Waals surface area (Å²) < 4.78 is 6.13. The molecule has 0 amide bonds. The number of ether oxygens (including phenoxy) is 1. The lowest BCUT2D eigenvalue weighted by molar-refractivity contribution is 0.0322. The molecule has 5 atom stereocenters. The summed E-state index contributed by atoms with van der Waals surface area (Å²) in [6.45, 7) is 3.85. The van der Waals surface area contributed by atoms with Gasteiger partial charge in [0.2, 0.25) is 0 Å². The summed E-state index contributed by atoms with van der Waals surface area (Å²) >= 11 is 0. The lowest BCUT2D eigenvalue weighted by Crippen LogP contribution is -2.42. The fraction of sp³-hybridized carbons (Fsp3) is 0.571. The maximum atomic E-state index is 8.59. The molecule has 0 heterocycles. The first kappa shape index (κ1) is 21.4. The Morgan fingerprint density at radius 2 is 1.94 bits per heavy atom. The van der Waals surface area contributed by atoms with E-state index in [-0.39, 0.29) is 0 Å². The molecule has 0 saturated heterocycles. The molecule has 2 aromatic rings. The van der Waals surface area contributed by atoms with Crippen molar-refractivity contribution in [3.63, 3.8) is 0 Å². The Labute approximate surface area is 192 Å². The molecule has 4 nitrogen and oxygen atoms in total. The normalized spacial score (nSPS) is 30.5. The largest absolute Gasteiger partial charge is 0.489 e. The highest BCUT2D eigenvalue weighted by Crippen LogP contribution is 2.63. The molecule has 5 unspecified atom stereocenters. The van der Waals surface area contributed by atoms with Crippen LogP contribution in [0.2, 0.25) is 0 Å². The van der Waals surface area contributed by atoms with Gasteiger partial charge in [-0.3, -0.25) is 0 Å². The fourth-order valence-corrected chi connectivity index (χ4v) is 7.41. The van der Waals surface area contributed by atoms with Gasteiger partial charge in [-0.1, -0.05) is 54.9 Å². The number of nitrogens with zero attached hydrogens (tertiary/aromatic N) is 3. The SMILES string of the molecule is CC12CCC(CCCN=[N+]=[N-])C1C1CCc3cc([17O]Cc4ccccc4)ccc3C1CC2. The third-order valence-electron chi connectivity index (χ3n) is 8.81. The summed E-state index contributed by atoms with van der Waals surface area (Å²) in [7, 11) is 0. The average molecular weight is 431 g/mol. The Balaban J connectivity index is 1.30. The highest BCUT2D eigenvalue weighted by Gasteiger charge is 2.53. The minimum Gasteiger partial charge on any atom is -0.489 e. The molecule has 168 valence electrons. The van der Waals surface area contributed by atoms with Crippen molar-refractivity contribution >= 4 is 0 Å². The van der Waals surface area contributed by atoms with Crippen molar-refractivity contribution in [3.05, 3.63) is 75.7 Å². The first-order valence-electron chi connectivity index (χ1n) is 12.5. The third kappa shape index (κ3) is 4.13. The van der Waals surface area contributed by atoms with Crippen LogP contribution >= 0.6 is 0 Å². The van der Waals surface area contributed by atoms with Crippen LogP contribution in [0, 0.1) is 23.2 Å². The van der Waals surface area contributed by atoms with Crippen LogP contribution in [0.25, 0.3) is 10.4 Å². The van der Waals surface area contributed by atoms with Gasteiger partial charge < -0.3 is 4.74 Å². The Morgan fingerprint density at radius 3 is 2.78 bits per heavy atom. The summed E-state index contributed by atoms with van der Waals surface area (Å²) in [5.41, 5.74) is 13.4. The Hall–Kier alpha value is -2.45.